The SMILES string of the molecule is COCC(=O)N(Cc1ccccc1)c1cccc(CC(=O)NC2CC2)c1. The highest BCUT2D eigenvalue weighted by Gasteiger charge is 2.23. The van der Waals surface area contributed by atoms with Crippen molar-refractivity contribution in [3.05, 3.63) is 65.7 Å². The molecule has 0 saturated heterocycles. The third-order valence-electron chi connectivity index (χ3n) is 4.28. The summed E-state index contributed by atoms with van der Waals surface area (Å²) in [7, 11) is 1.51. The summed E-state index contributed by atoms with van der Waals surface area (Å²) in [5.41, 5.74) is 2.70. The first-order chi connectivity index (χ1) is 12.7. The lowest BCUT2D eigenvalue weighted by atomic mass is 10.1. The zero-order chi connectivity index (χ0) is 18.4. The molecule has 0 aliphatic heterocycles. The van der Waals surface area contributed by atoms with Gasteiger partial charge in [0.2, 0.25) is 5.91 Å². The van der Waals surface area contributed by atoms with Crippen LogP contribution in [0.3, 0.4) is 0 Å². The van der Waals surface area contributed by atoms with Crippen molar-refractivity contribution in [3.63, 3.8) is 0 Å². The molecule has 2 aromatic carbocycles. The maximum atomic E-state index is 12.6. The van der Waals surface area contributed by atoms with Gasteiger partial charge in [0.1, 0.15) is 6.61 Å². The van der Waals surface area contributed by atoms with E-state index < -0.39 is 0 Å². The fourth-order valence-electron chi connectivity index (χ4n) is 2.82. The summed E-state index contributed by atoms with van der Waals surface area (Å²) in [6, 6.07) is 17.8. The number of anilines is 1. The van der Waals surface area contributed by atoms with E-state index in [4.69, 9.17) is 4.74 Å². The Morgan fingerprint density at radius 3 is 2.50 bits per heavy atom. The van der Waals surface area contributed by atoms with Gasteiger partial charge in [-0.2, -0.15) is 0 Å². The Hall–Kier alpha value is -2.66. The molecule has 2 amide bonds. The number of nitrogens with zero attached hydrogens (tertiary/aromatic N) is 1. The van der Waals surface area contributed by atoms with E-state index in [0.29, 0.717) is 19.0 Å². The second-order valence-corrected chi connectivity index (χ2v) is 6.59. The Morgan fingerprint density at radius 1 is 1.08 bits per heavy atom. The van der Waals surface area contributed by atoms with Gasteiger partial charge in [0.15, 0.2) is 0 Å². The zero-order valence-electron chi connectivity index (χ0n) is 15.0. The molecule has 0 radical (unpaired) electrons. The smallest absolute Gasteiger partial charge is 0.253 e. The van der Waals surface area contributed by atoms with Gasteiger partial charge >= 0.3 is 0 Å². The van der Waals surface area contributed by atoms with Crippen LogP contribution in [0.15, 0.2) is 54.6 Å². The molecule has 26 heavy (non-hydrogen) atoms. The second kappa shape index (κ2) is 8.63. The summed E-state index contributed by atoms with van der Waals surface area (Å²) in [6.07, 6.45) is 2.46. The average molecular weight is 352 g/mol. The molecular weight excluding hydrogens is 328 g/mol. The number of benzene rings is 2. The third kappa shape index (κ3) is 5.17. The molecule has 5 heteroatoms. The van der Waals surface area contributed by atoms with Crippen LogP contribution in [0.2, 0.25) is 0 Å². The van der Waals surface area contributed by atoms with Crippen LogP contribution >= 0.6 is 0 Å². The van der Waals surface area contributed by atoms with Gasteiger partial charge in [0.25, 0.3) is 5.91 Å². The van der Waals surface area contributed by atoms with Crippen LogP contribution in [0.25, 0.3) is 0 Å². The van der Waals surface area contributed by atoms with E-state index in [1.165, 1.54) is 7.11 Å². The predicted molar refractivity (Wildman–Crippen MR) is 101 cm³/mol. The van der Waals surface area contributed by atoms with Crippen LogP contribution in [0.4, 0.5) is 5.69 Å². The number of ether oxygens (including phenoxy) is 1. The minimum atomic E-state index is -0.115. The maximum Gasteiger partial charge on any atom is 0.253 e. The van der Waals surface area contributed by atoms with Crippen molar-refractivity contribution >= 4 is 17.5 Å². The number of hydrogen-bond acceptors (Lipinski definition) is 3. The number of hydrogen-bond donors (Lipinski definition) is 1. The quantitative estimate of drug-likeness (QED) is 0.795. The number of carbonyl (C=O) groups is 2. The van der Waals surface area contributed by atoms with Crippen molar-refractivity contribution in [1.29, 1.82) is 0 Å². The van der Waals surface area contributed by atoms with Gasteiger partial charge in [-0.25, -0.2) is 0 Å². The van der Waals surface area contributed by atoms with Gasteiger partial charge < -0.3 is 15.0 Å². The van der Waals surface area contributed by atoms with Crippen molar-refractivity contribution in [1.82, 2.24) is 5.32 Å². The molecule has 136 valence electrons. The Bertz CT molecular complexity index is 757. The molecular formula is C21H24N2O3. The van der Waals surface area contributed by atoms with Crippen LogP contribution in [0, 0.1) is 0 Å². The monoisotopic (exact) mass is 352 g/mol. The van der Waals surface area contributed by atoms with Gasteiger partial charge in [0.05, 0.1) is 13.0 Å². The van der Waals surface area contributed by atoms with Crippen LogP contribution in [0.5, 0.6) is 0 Å². The number of carbonyl (C=O) groups excluding carboxylic acids is 2. The van der Waals surface area contributed by atoms with E-state index in [9.17, 15) is 9.59 Å². The Balaban J connectivity index is 1.77. The molecule has 0 aromatic heterocycles. The molecule has 5 nitrogen and oxygen atoms in total. The molecule has 1 aliphatic rings. The van der Waals surface area contributed by atoms with Crippen LogP contribution in [0.1, 0.15) is 24.0 Å². The van der Waals surface area contributed by atoms with Crippen molar-refractivity contribution in [2.45, 2.75) is 31.8 Å². The minimum Gasteiger partial charge on any atom is -0.375 e. The van der Waals surface area contributed by atoms with E-state index in [0.717, 1.165) is 29.7 Å². The first-order valence-corrected chi connectivity index (χ1v) is 8.87. The van der Waals surface area contributed by atoms with Crippen LogP contribution in [-0.4, -0.2) is 31.6 Å². The highest BCUT2D eigenvalue weighted by atomic mass is 16.5. The molecule has 0 heterocycles. The summed E-state index contributed by atoms with van der Waals surface area (Å²) in [6.45, 7) is 0.472. The molecule has 2 aromatic rings. The predicted octanol–water partition coefficient (Wildman–Crippen LogP) is 2.69. The summed E-state index contributed by atoms with van der Waals surface area (Å²) < 4.78 is 5.03. The van der Waals surface area contributed by atoms with Gasteiger partial charge in [-0.15, -0.1) is 0 Å². The van der Waals surface area contributed by atoms with Crippen molar-refractivity contribution in [3.8, 4) is 0 Å². The van der Waals surface area contributed by atoms with E-state index in [-0.39, 0.29) is 18.4 Å². The minimum absolute atomic E-state index is 0.0131. The Morgan fingerprint density at radius 2 is 1.81 bits per heavy atom. The number of nitrogens with one attached hydrogen (secondary N) is 1. The number of amides is 2. The molecule has 3 rings (SSSR count). The molecule has 0 atom stereocenters. The van der Waals surface area contributed by atoms with Gasteiger partial charge in [0, 0.05) is 18.8 Å². The van der Waals surface area contributed by atoms with E-state index in [1.807, 2.05) is 54.6 Å². The van der Waals surface area contributed by atoms with Crippen LogP contribution in [-0.2, 0) is 27.3 Å². The van der Waals surface area contributed by atoms with Crippen molar-refractivity contribution < 1.29 is 14.3 Å². The summed E-state index contributed by atoms with van der Waals surface area (Å²) in [5.74, 6) is -0.0848. The maximum absolute atomic E-state index is 12.6. The highest BCUT2D eigenvalue weighted by molar-refractivity contribution is 5.94. The lowest BCUT2D eigenvalue weighted by Gasteiger charge is -2.23. The molecule has 0 bridgehead atoms. The van der Waals surface area contributed by atoms with E-state index >= 15 is 0 Å². The van der Waals surface area contributed by atoms with Gasteiger partial charge in [-0.1, -0.05) is 42.5 Å². The lowest BCUT2D eigenvalue weighted by Crippen LogP contribution is -2.33. The summed E-state index contributed by atoms with van der Waals surface area (Å²) in [5, 5.41) is 2.99. The molecule has 1 fully saturated rings. The molecule has 1 aliphatic carbocycles. The summed E-state index contributed by atoms with van der Waals surface area (Å²) in [4.78, 5) is 26.3. The van der Waals surface area contributed by atoms with Gasteiger partial charge in [-0.05, 0) is 36.1 Å². The lowest BCUT2D eigenvalue weighted by molar-refractivity contribution is -0.122. The molecule has 1 N–H and O–H groups in total. The largest absolute Gasteiger partial charge is 0.375 e. The fraction of sp³-hybridized carbons (Fsp3) is 0.333. The fourth-order valence-corrected chi connectivity index (χ4v) is 2.82. The number of rotatable bonds is 8. The van der Waals surface area contributed by atoms with Crippen molar-refractivity contribution in [2.75, 3.05) is 18.6 Å². The summed E-state index contributed by atoms with van der Waals surface area (Å²) >= 11 is 0. The zero-order valence-corrected chi connectivity index (χ0v) is 15.0. The van der Waals surface area contributed by atoms with Crippen molar-refractivity contribution in [2.24, 2.45) is 0 Å². The third-order valence-corrected chi connectivity index (χ3v) is 4.28. The Kier molecular flexibility index (Phi) is 6.02. The van der Waals surface area contributed by atoms with Crippen LogP contribution < -0.4 is 10.2 Å². The first kappa shape index (κ1) is 18.1. The normalized spacial score (nSPS) is 13.3. The van der Waals surface area contributed by atoms with E-state index in [1.54, 1.807) is 4.90 Å². The van der Waals surface area contributed by atoms with E-state index in [2.05, 4.69) is 5.32 Å². The standard InChI is InChI=1S/C21H24N2O3/c1-26-15-21(25)23(14-16-6-3-2-4-7-16)19-9-5-8-17(12-19)13-20(24)22-18-10-11-18/h2-9,12,18H,10-11,13-15H2,1H3,(H,22,24). The first-order valence-electron chi connectivity index (χ1n) is 8.87. The number of methoxy groups -OCH3 is 1. The Labute approximate surface area is 154 Å². The average Bonchev–Trinajstić information content (AvgIpc) is 3.44. The molecule has 0 spiro atoms. The van der Waals surface area contributed by atoms with Gasteiger partial charge in [-0.3, -0.25) is 9.59 Å². The topological polar surface area (TPSA) is 58.6 Å². The highest BCUT2D eigenvalue weighted by Crippen LogP contribution is 2.21. The molecule has 0 unspecified atom stereocenters. The second-order valence-electron chi connectivity index (χ2n) is 6.59. The molecule has 1 saturated carbocycles.